The normalized spacial score (nSPS) is 23.6. The van der Waals surface area contributed by atoms with Crippen molar-refractivity contribution in [3.8, 4) is 0 Å². The van der Waals surface area contributed by atoms with Crippen LogP contribution in [0, 0.1) is 0 Å². The number of quaternary nitrogens is 1. The van der Waals surface area contributed by atoms with Crippen molar-refractivity contribution >= 4 is 11.4 Å². The van der Waals surface area contributed by atoms with Crippen LogP contribution in [0.2, 0.25) is 0 Å². The highest BCUT2D eigenvalue weighted by Crippen LogP contribution is 2.16. The van der Waals surface area contributed by atoms with E-state index in [2.05, 4.69) is 28.8 Å². The second-order valence-electron chi connectivity index (χ2n) is 4.11. The molecule has 5 heteroatoms. The van der Waals surface area contributed by atoms with Crippen LogP contribution in [0.15, 0.2) is 46.9 Å². The fraction of sp³-hybridized carbons (Fsp3) is 0.333. The Balaban J connectivity index is 2.04. The lowest BCUT2D eigenvalue weighted by atomic mass is 10.3. The monoisotopic (exact) mass is 232 g/mol. The molecule has 0 radical (unpaired) electrons. The van der Waals surface area contributed by atoms with Gasteiger partial charge in [0.05, 0.1) is 18.9 Å². The fourth-order valence-electron chi connectivity index (χ4n) is 1.71. The number of rotatable bonds is 3. The van der Waals surface area contributed by atoms with Gasteiger partial charge in [-0.25, -0.2) is 0 Å². The van der Waals surface area contributed by atoms with Gasteiger partial charge in [0.15, 0.2) is 0 Å². The summed E-state index contributed by atoms with van der Waals surface area (Å²) in [4.78, 5) is 3.25. The molecule has 2 atom stereocenters. The van der Waals surface area contributed by atoms with Crippen molar-refractivity contribution < 1.29 is 4.90 Å². The van der Waals surface area contributed by atoms with Crippen molar-refractivity contribution in [1.82, 2.24) is 4.90 Å². The van der Waals surface area contributed by atoms with Crippen molar-refractivity contribution in [3.05, 3.63) is 36.7 Å². The number of azo groups is 1. The molecule has 1 heterocycles. The first-order valence-corrected chi connectivity index (χ1v) is 5.63. The van der Waals surface area contributed by atoms with E-state index in [9.17, 15) is 0 Å². The maximum Gasteiger partial charge on any atom is 0.284 e. The summed E-state index contributed by atoms with van der Waals surface area (Å²) in [7, 11) is 5.96. The van der Waals surface area contributed by atoms with E-state index in [-0.39, 0.29) is 6.29 Å². The Hall–Kier alpha value is -1.88. The third-order valence-electron chi connectivity index (χ3n) is 2.80. The molecular weight excluding hydrogens is 214 g/mol. The molecule has 1 aromatic rings. The maximum atomic E-state index is 4.34. The van der Waals surface area contributed by atoms with Crippen molar-refractivity contribution in [2.75, 3.05) is 26.5 Å². The van der Waals surface area contributed by atoms with E-state index >= 15 is 0 Å². The average molecular weight is 232 g/mol. The van der Waals surface area contributed by atoms with E-state index in [0.29, 0.717) is 0 Å². The summed E-state index contributed by atoms with van der Waals surface area (Å²) in [5.41, 5.74) is 1.95. The number of anilines is 1. The van der Waals surface area contributed by atoms with E-state index in [1.165, 1.54) is 4.90 Å². The lowest BCUT2D eigenvalue weighted by Gasteiger charge is -2.16. The third kappa shape index (κ3) is 2.62. The van der Waals surface area contributed by atoms with E-state index in [0.717, 1.165) is 11.4 Å². The number of hydrogen-bond donors (Lipinski definition) is 2. The zero-order chi connectivity index (χ0) is 12.3. The molecule has 0 spiro atoms. The van der Waals surface area contributed by atoms with Crippen molar-refractivity contribution in [2.45, 2.75) is 6.29 Å². The van der Waals surface area contributed by atoms with Gasteiger partial charge in [-0.2, -0.15) is 0 Å². The molecule has 17 heavy (non-hydrogen) atoms. The molecule has 0 amide bonds. The van der Waals surface area contributed by atoms with E-state index in [4.69, 9.17) is 0 Å². The number of nitrogens with one attached hydrogen (secondary N) is 2. The first-order valence-electron chi connectivity index (χ1n) is 5.63. The van der Waals surface area contributed by atoms with Gasteiger partial charge in [0, 0.05) is 19.8 Å². The standard InChI is InChI=1S/C12H17N5/c1-13-10-4-6-11(7-5-10)14-15-12-16(2)8-9-17(12)3/h4-9,12-13H,1-3H3/p+1. The number of nitrogens with zero attached hydrogens (tertiary/aromatic N) is 3. The van der Waals surface area contributed by atoms with Gasteiger partial charge in [0.1, 0.15) is 6.20 Å². The molecule has 0 fully saturated rings. The van der Waals surface area contributed by atoms with Gasteiger partial charge in [-0.3, -0.25) is 4.90 Å². The van der Waals surface area contributed by atoms with Crippen LogP contribution in [0.5, 0.6) is 0 Å². The molecule has 1 aliphatic rings. The zero-order valence-corrected chi connectivity index (χ0v) is 10.4. The Labute approximate surface area is 101 Å². The van der Waals surface area contributed by atoms with Gasteiger partial charge < -0.3 is 10.2 Å². The van der Waals surface area contributed by atoms with Gasteiger partial charge in [-0.1, -0.05) is 0 Å². The second kappa shape index (κ2) is 4.97. The quantitative estimate of drug-likeness (QED) is 0.764. The minimum absolute atomic E-state index is 0.0407. The lowest BCUT2D eigenvalue weighted by Crippen LogP contribution is -3.08. The Morgan fingerprint density at radius 3 is 2.53 bits per heavy atom. The molecule has 2 N–H and O–H groups in total. The summed E-state index contributed by atoms with van der Waals surface area (Å²) in [6.07, 6.45) is 4.12. The topological polar surface area (TPSA) is 44.4 Å². The minimum atomic E-state index is 0.0407. The minimum Gasteiger partial charge on any atom is -0.388 e. The molecule has 0 aliphatic carbocycles. The molecule has 1 aromatic carbocycles. The highest BCUT2D eigenvalue weighted by atomic mass is 15.5. The molecule has 2 unspecified atom stereocenters. The molecule has 1 aliphatic heterocycles. The zero-order valence-electron chi connectivity index (χ0n) is 10.4. The summed E-state index contributed by atoms with van der Waals surface area (Å²) in [5.74, 6) is 0. The average Bonchev–Trinajstić information content (AvgIpc) is 2.67. The first kappa shape index (κ1) is 11.6. The van der Waals surface area contributed by atoms with Gasteiger partial charge in [-0.15, -0.1) is 10.2 Å². The molecule has 0 bridgehead atoms. The van der Waals surface area contributed by atoms with Gasteiger partial charge in [0.25, 0.3) is 6.29 Å². The van der Waals surface area contributed by atoms with Gasteiger partial charge in [-0.05, 0) is 24.3 Å². The molecular formula is C12H18N5+. The van der Waals surface area contributed by atoms with Crippen LogP contribution in [-0.4, -0.2) is 32.3 Å². The molecule has 2 rings (SSSR count). The molecule has 90 valence electrons. The van der Waals surface area contributed by atoms with Crippen molar-refractivity contribution in [1.29, 1.82) is 0 Å². The Kier molecular flexibility index (Phi) is 3.39. The molecule has 0 aromatic heterocycles. The SMILES string of the molecule is CNc1ccc(N=NC2N(C)C=C[NH+]2C)cc1. The Morgan fingerprint density at radius 2 is 2.00 bits per heavy atom. The van der Waals surface area contributed by atoms with E-state index < -0.39 is 0 Å². The van der Waals surface area contributed by atoms with Gasteiger partial charge in [0.2, 0.25) is 0 Å². The lowest BCUT2D eigenvalue weighted by molar-refractivity contribution is -0.856. The second-order valence-corrected chi connectivity index (χ2v) is 4.11. The summed E-state index contributed by atoms with van der Waals surface area (Å²) in [6, 6.07) is 7.88. The highest BCUT2D eigenvalue weighted by Gasteiger charge is 2.24. The van der Waals surface area contributed by atoms with Crippen LogP contribution in [-0.2, 0) is 0 Å². The maximum absolute atomic E-state index is 4.34. The van der Waals surface area contributed by atoms with E-state index in [1.54, 1.807) is 0 Å². The largest absolute Gasteiger partial charge is 0.388 e. The van der Waals surface area contributed by atoms with Crippen LogP contribution in [0.3, 0.4) is 0 Å². The van der Waals surface area contributed by atoms with Crippen molar-refractivity contribution in [2.24, 2.45) is 10.2 Å². The van der Waals surface area contributed by atoms with Gasteiger partial charge >= 0.3 is 0 Å². The highest BCUT2D eigenvalue weighted by molar-refractivity contribution is 5.50. The Morgan fingerprint density at radius 1 is 1.29 bits per heavy atom. The number of benzene rings is 1. The molecule has 0 saturated carbocycles. The predicted octanol–water partition coefficient (Wildman–Crippen LogP) is 1.03. The smallest absolute Gasteiger partial charge is 0.284 e. The van der Waals surface area contributed by atoms with Crippen LogP contribution < -0.4 is 10.2 Å². The summed E-state index contributed by atoms with van der Waals surface area (Å²) in [6.45, 7) is 0. The fourth-order valence-corrected chi connectivity index (χ4v) is 1.71. The van der Waals surface area contributed by atoms with Crippen LogP contribution in [0.1, 0.15) is 0 Å². The summed E-state index contributed by atoms with van der Waals surface area (Å²) in [5, 5.41) is 11.7. The van der Waals surface area contributed by atoms with Crippen LogP contribution >= 0.6 is 0 Å². The predicted molar refractivity (Wildman–Crippen MR) is 68.1 cm³/mol. The van der Waals surface area contributed by atoms with E-state index in [1.807, 2.05) is 49.5 Å². The van der Waals surface area contributed by atoms with Crippen LogP contribution in [0.25, 0.3) is 0 Å². The first-order chi connectivity index (χ1) is 8.20. The summed E-state index contributed by atoms with van der Waals surface area (Å²) < 4.78 is 0. The third-order valence-corrected chi connectivity index (χ3v) is 2.80. The summed E-state index contributed by atoms with van der Waals surface area (Å²) >= 11 is 0. The van der Waals surface area contributed by atoms with Crippen LogP contribution in [0.4, 0.5) is 11.4 Å². The Bertz CT molecular complexity index is 411. The number of hydrogen-bond acceptors (Lipinski definition) is 4. The van der Waals surface area contributed by atoms with Crippen molar-refractivity contribution in [3.63, 3.8) is 0 Å². The molecule has 0 saturated heterocycles. The molecule has 5 nitrogen and oxygen atoms in total.